The second-order valence-electron chi connectivity index (χ2n) is 4.77. The summed E-state index contributed by atoms with van der Waals surface area (Å²) in [4.78, 5) is 9.05. The molecule has 1 aromatic heterocycles. The molecule has 1 aromatic carbocycles. The number of hydrogen-bond acceptors (Lipinski definition) is 3. The smallest absolute Gasteiger partial charge is 0.141 e. The van der Waals surface area contributed by atoms with Gasteiger partial charge in [0.1, 0.15) is 11.6 Å². The van der Waals surface area contributed by atoms with E-state index in [1.54, 1.807) is 0 Å². The van der Waals surface area contributed by atoms with Crippen LogP contribution in [-0.4, -0.2) is 9.97 Å². The fourth-order valence-corrected chi connectivity index (χ4v) is 2.98. The average molecular weight is 383 g/mol. The summed E-state index contributed by atoms with van der Waals surface area (Å²) in [5, 5.41) is 0. The topological polar surface area (TPSA) is 51.8 Å². The van der Waals surface area contributed by atoms with Gasteiger partial charge in [0, 0.05) is 16.8 Å². The lowest BCUT2D eigenvalue weighted by Crippen LogP contribution is -2.05. The predicted molar refractivity (Wildman–Crippen MR) is 83.1 cm³/mol. The van der Waals surface area contributed by atoms with Crippen molar-refractivity contribution >= 4 is 37.7 Å². The molecule has 3 rings (SSSR count). The summed E-state index contributed by atoms with van der Waals surface area (Å²) >= 11 is 7.05. The molecule has 2 aromatic rings. The zero-order chi connectivity index (χ0) is 13.4. The Hall–Kier alpha value is -0.940. The van der Waals surface area contributed by atoms with Gasteiger partial charge in [-0.15, -0.1) is 0 Å². The highest BCUT2D eigenvalue weighted by Crippen LogP contribution is 2.43. The molecule has 0 atom stereocenters. The molecule has 1 saturated carbocycles. The van der Waals surface area contributed by atoms with Gasteiger partial charge in [-0.2, -0.15) is 0 Å². The fourth-order valence-electron chi connectivity index (χ4n) is 2.05. The van der Waals surface area contributed by atoms with Gasteiger partial charge in [-0.05, 0) is 40.4 Å². The van der Waals surface area contributed by atoms with Crippen LogP contribution in [0, 0.1) is 0 Å². The van der Waals surface area contributed by atoms with Crippen molar-refractivity contribution < 1.29 is 0 Å². The Morgan fingerprint density at radius 3 is 2.58 bits per heavy atom. The number of nitrogens with two attached hydrogens (primary N) is 1. The van der Waals surface area contributed by atoms with Crippen LogP contribution in [0.2, 0.25) is 0 Å². The van der Waals surface area contributed by atoms with Gasteiger partial charge in [-0.25, -0.2) is 9.97 Å². The molecule has 98 valence electrons. The molecule has 0 bridgehead atoms. The third kappa shape index (κ3) is 2.82. The van der Waals surface area contributed by atoms with Crippen molar-refractivity contribution in [2.24, 2.45) is 0 Å². The molecule has 19 heavy (non-hydrogen) atoms. The summed E-state index contributed by atoms with van der Waals surface area (Å²) in [5.41, 5.74) is 8.21. The lowest BCUT2D eigenvalue weighted by atomic mass is 10.1. The van der Waals surface area contributed by atoms with Gasteiger partial charge in [0.2, 0.25) is 0 Å². The highest BCUT2D eigenvalue weighted by Gasteiger charge is 2.29. The van der Waals surface area contributed by atoms with E-state index in [1.165, 1.54) is 18.4 Å². The highest BCUT2D eigenvalue weighted by atomic mass is 79.9. The molecule has 0 amide bonds. The number of anilines is 1. The lowest BCUT2D eigenvalue weighted by Gasteiger charge is -2.09. The van der Waals surface area contributed by atoms with Crippen molar-refractivity contribution in [3.05, 3.63) is 50.3 Å². The van der Waals surface area contributed by atoms with Crippen molar-refractivity contribution in [2.75, 3.05) is 5.73 Å². The lowest BCUT2D eigenvalue weighted by molar-refractivity contribution is 0.894. The van der Waals surface area contributed by atoms with Gasteiger partial charge in [0.15, 0.2) is 0 Å². The third-order valence-electron chi connectivity index (χ3n) is 3.22. The quantitative estimate of drug-likeness (QED) is 0.870. The van der Waals surface area contributed by atoms with E-state index in [1.807, 2.05) is 18.2 Å². The number of nitrogen functional groups attached to an aromatic ring is 1. The Morgan fingerprint density at radius 1 is 1.16 bits per heavy atom. The van der Waals surface area contributed by atoms with Crippen LogP contribution in [0.25, 0.3) is 0 Å². The van der Waals surface area contributed by atoms with Crippen molar-refractivity contribution in [1.29, 1.82) is 0 Å². The molecule has 0 aliphatic heterocycles. The van der Waals surface area contributed by atoms with Crippen LogP contribution in [-0.2, 0) is 6.42 Å². The molecular weight excluding hydrogens is 370 g/mol. The number of halogens is 2. The first-order chi connectivity index (χ1) is 9.15. The van der Waals surface area contributed by atoms with E-state index in [0.717, 1.165) is 20.5 Å². The van der Waals surface area contributed by atoms with Crippen LogP contribution in [0.5, 0.6) is 0 Å². The Morgan fingerprint density at radius 2 is 1.89 bits per heavy atom. The Kier molecular flexibility index (Phi) is 3.58. The summed E-state index contributed by atoms with van der Waals surface area (Å²) in [6.07, 6.45) is 3.09. The zero-order valence-corrected chi connectivity index (χ0v) is 13.4. The standard InChI is InChI=1S/C14H13Br2N3/c15-10-4-2-1-3-9(10)7-11-18-13(8-5-6-8)12(16)14(17)19-11/h1-4,8H,5-7H2,(H2,17,18,19). The number of benzene rings is 1. The Bertz CT molecular complexity index is 624. The first kappa shape index (κ1) is 13.1. The number of nitrogens with zero attached hydrogens (tertiary/aromatic N) is 2. The zero-order valence-electron chi connectivity index (χ0n) is 10.2. The maximum Gasteiger partial charge on any atom is 0.141 e. The van der Waals surface area contributed by atoms with Crippen molar-refractivity contribution in [1.82, 2.24) is 9.97 Å². The minimum absolute atomic E-state index is 0.541. The highest BCUT2D eigenvalue weighted by molar-refractivity contribution is 9.11. The SMILES string of the molecule is Nc1nc(Cc2ccccc2Br)nc(C2CC2)c1Br. The van der Waals surface area contributed by atoms with E-state index in [0.29, 0.717) is 18.2 Å². The van der Waals surface area contributed by atoms with Crippen LogP contribution >= 0.6 is 31.9 Å². The van der Waals surface area contributed by atoms with Crippen LogP contribution in [0.1, 0.15) is 35.8 Å². The average Bonchev–Trinajstić information content (AvgIpc) is 3.20. The Balaban J connectivity index is 1.95. The van der Waals surface area contributed by atoms with Crippen molar-refractivity contribution in [3.63, 3.8) is 0 Å². The minimum Gasteiger partial charge on any atom is -0.383 e. The largest absolute Gasteiger partial charge is 0.383 e. The monoisotopic (exact) mass is 381 g/mol. The van der Waals surface area contributed by atoms with Crippen LogP contribution in [0.4, 0.5) is 5.82 Å². The minimum atomic E-state index is 0.541. The molecule has 0 spiro atoms. The summed E-state index contributed by atoms with van der Waals surface area (Å²) in [7, 11) is 0. The van der Waals surface area contributed by atoms with Gasteiger partial charge < -0.3 is 5.73 Å². The first-order valence-corrected chi connectivity index (χ1v) is 7.79. The van der Waals surface area contributed by atoms with Gasteiger partial charge in [0.05, 0.1) is 10.2 Å². The van der Waals surface area contributed by atoms with Gasteiger partial charge in [-0.3, -0.25) is 0 Å². The van der Waals surface area contributed by atoms with E-state index in [-0.39, 0.29) is 0 Å². The predicted octanol–water partition coefficient (Wildman–Crippen LogP) is 4.05. The van der Waals surface area contributed by atoms with E-state index in [2.05, 4.69) is 47.9 Å². The van der Waals surface area contributed by atoms with E-state index in [4.69, 9.17) is 5.73 Å². The Labute approximate surface area is 128 Å². The van der Waals surface area contributed by atoms with E-state index < -0.39 is 0 Å². The van der Waals surface area contributed by atoms with Gasteiger partial charge in [0.25, 0.3) is 0 Å². The summed E-state index contributed by atoms with van der Waals surface area (Å²) in [5.74, 6) is 1.88. The molecule has 1 fully saturated rings. The van der Waals surface area contributed by atoms with Gasteiger partial charge in [-0.1, -0.05) is 34.1 Å². The van der Waals surface area contributed by atoms with Crippen molar-refractivity contribution in [2.45, 2.75) is 25.2 Å². The van der Waals surface area contributed by atoms with Crippen molar-refractivity contribution in [3.8, 4) is 0 Å². The van der Waals surface area contributed by atoms with Crippen LogP contribution < -0.4 is 5.73 Å². The molecule has 0 saturated heterocycles. The number of hydrogen-bond donors (Lipinski definition) is 1. The summed E-state index contributed by atoms with van der Waals surface area (Å²) in [6, 6.07) is 8.12. The molecule has 1 aliphatic carbocycles. The van der Waals surface area contributed by atoms with E-state index >= 15 is 0 Å². The molecule has 1 heterocycles. The molecule has 3 nitrogen and oxygen atoms in total. The molecule has 5 heteroatoms. The normalized spacial score (nSPS) is 14.6. The first-order valence-electron chi connectivity index (χ1n) is 6.20. The van der Waals surface area contributed by atoms with Gasteiger partial charge >= 0.3 is 0 Å². The number of rotatable bonds is 3. The summed E-state index contributed by atoms with van der Waals surface area (Å²) in [6.45, 7) is 0. The molecular formula is C14H13Br2N3. The summed E-state index contributed by atoms with van der Waals surface area (Å²) < 4.78 is 1.94. The molecule has 0 unspecified atom stereocenters. The molecule has 0 radical (unpaired) electrons. The third-order valence-corrected chi connectivity index (χ3v) is 4.81. The number of aromatic nitrogens is 2. The molecule has 1 aliphatic rings. The second kappa shape index (κ2) is 5.21. The van der Waals surface area contributed by atoms with Crippen LogP contribution in [0.15, 0.2) is 33.2 Å². The molecule has 2 N–H and O–H groups in total. The van der Waals surface area contributed by atoms with E-state index in [9.17, 15) is 0 Å². The second-order valence-corrected chi connectivity index (χ2v) is 6.41. The fraction of sp³-hybridized carbons (Fsp3) is 0.286. The van der Waals surface area contributed by atoms with Crippen LogP contribution in [0.3, 0.4) is 0 Å². The maximum atomic E-state index is 5.97. The maximum absolute atomic E-state index is 5.97.